The van der Waals surface area contributed by atoms with Gasteiger partial charge in [-0.25, -0.2) is 4.79 Å². The van der Waals surface area contributed by atoms with Crippen molar-refractivity contribution < 1.29 is 33.6 Å². The number of likely N-dealkylation sites (N-methyl/N-ethyl adjacent to an activating group) is 1. The Balaban J connectivity index is 0.000000615. The van der Waals surface area contributed by atoms with E-state index in [4.69, 9.17) is 28.8 Å². The molecule has 0 spiro atoms. The van der Waals surface area contributed by atoms with Crippen LogP contribution in [0.4, 0.5) is 4.79 Å². The summed E-state index contributed by atoms with van der Waals surface area (Å²) in [6.07, 6.45) is 0.510. The Kier molecular flexibility index (Phi) is 20.6. The van der Waals surface area contributed by atoms with E-state index in [1.54, 1.807) is 21.3 Å². The maximum atomic E-state index is 12.3. The standard InChI is InChI=1S/C34H35NO4.C8H10O.CH4O.CH2O/c1-4-32(27-13-9-6-10-14-27)33(28-15-19-30(37-3)20-16-28)29-17-21-31(22-18-29)38-24-23-35(2)34(36)39-25-26-11-7-5-8-12-26;1-9-7-8-5-3-2-4-6-8;2*1-2/h5-22H,4,23-25H2,1-3H3;2-6H,7H2,1H3;2H,1H3;1H2/b33-32-;;;. The van der Waals surface area contributed by atoms with Crippen LogP contribution in [0.3, 0.4) is 0 Å². The second-order valence-corrected chi connectivity index (χ2v) is 11.1. The Morgan fingerprint density at radius 3 is 1.56 bits per heavy atom. The highest BCUT2D eigenvalue weighted by atomic mass is 16.6. The SMILES string of the molecule is C=O.CC/C(=C(\c1ccc(OC)cc1)c1ccc(OCCN(C)C(=O)OCc2ccccc2)cc1)c1ccccc1.CO.COCc1ccccc1. The van der Waals surface area contributed by atoms with Crippen LogP contribution in [-0.4, -0.2) is 64.4 Å². The summed E-state index contributed by atoms with van der Waals surface area (Å²) in [4.78, 5) is 21.8. The summed E-state index contributed by atoms with van der Waals surface area (Å²) in [6, 6.07) is 46.6. The van der Waals surface area contributed by atoms with Gasteiger partial charge in [-0.2, -0.15) is 0 Å². The van der Waals surface area contributed by atoms with Crippen molar-refractivity contribution in [3.8, 4) is 11.5 Å². The monoisotopic (exact) mass is 705 g/mol. The van der Waals surface area contributed by atoms with E-state index in [9.17, 15) is 4.79 Å². The molecule has 1 N–H and O–H groups in total. The predicted octanol–water partition coefficient (Wildman–Crippen LogP) is 8.97. The van der Waals surface area contributed by atoms with Gasteiger partial charge in [0.25, 0.3) is 0 Å². The first-order valence-corrected chi connectivity index (χ1v) is 16.9. The Bertz CT molecular complexity index is 1690. The average Bonchev–Trinajstić information content (AvgIpc) is 3.22. The van der Waals surface area contributed by atoms with Crippen molar-refractivity contribution in [1.82, 2.24) is 4.90 Å². The number of rotatable bonds is 13. The number of carbonyl (C=O) groups excluding carboxylic acids is 2. The van der Waals surface area contributed by atoms with E-state index < -0.39 is 0 Å². The van der Waals surface area contributed by atoms with Crippen LogP contribution < -0.4 is 9.47 Å². The van der Waals surface area contributed by atoms with Crippen molar-refractivity contribution in [1.29, 1.82) is 0 Å². The molecule has 1 amide bonds. The summed E-state index contributed by atoms with van der Waals surface area (Å²) >= 11 is 0. The number of nitrogens with zero attached hydrogens (tertiary/aromatic N) is 1. The molecule has 5 aromatic carbocycles. The van der Waals surface area contributed by atoms with Gasteiger partial charge in [0.15, 0.2) is 0 Å². The number of hydrogen-bond donors (Lipinski definition) is 1. The fourth-order valence-corrected chi connectivity index (χ4v) is 5.12. The molecule has 0 aromatic heterocycles. The van der Waals surface area contributed by atoms with E-state index in [0.717, 1.165) is 41.7 Å². The summed E-state index contributed by atoms with van der Waals surface area (Å²) < 4.78 is 21.6. The molecule has 5 rings (SSSR count). The molecule has 0 aliphatic heterocycles. The number of benzene rings is 5. The first kappa shape index (κ1) is 42.5. The van der Waals surface area contributed by atoms with Crippen molar-refractivity contribution in [2.75, 3.05) is 41.5 Å². The number of methoxy groups -OCH3 is 2. The van der Waals surface area contributed by atoms with Gasteiger partial charge in [-0.05, 0) is 69.6 Å². The molecule has 0 unspecified atom stereocenters. The second-order valence-electron chi connectivity index (χ2n) is 11.1. The van der Waals surface area contributed by atoms with Crippen LogP contribution in [-0.2, 0) is 27.5 Å². The maximum Gasteiger partial charge on any atom is 0.409 e. The number of aliphatic hydroxyl groups excluding tert-OH is 1. The molecular weight excluding hydrogens is 654 g/mol. The Labute approximate surface area is 308 Å². The quantitative estimate of drug-likeness (QED) is 0.122. The lowest BCUT2D eigenvalue weighted by molar-refractivity contribution is -0.0980. The molecule has 0 atom stereocenters. The molecule has 5 aromatic rings. The van der Waals surface area contributed by atoms with Gasteiger partial charge < -0.3 is 33.7 Å². The molecule has 0 radical (unpaired) electrons. The summed E-state index contributed by atoms with van der Waals surface area (Å²) in [5.74, 6) is 1.57. The zero-order valence-electron chi connectivity index (χ0n) is 30.9. The van der Waals surface area contributed by atoms with Crippen LogP contribution in [0.25, 0.3) is 11.1 Å². The van der Waals surface area contributed by atoms with Crippen molar-refractivity contribution in [2.24, 2.45) is 0 Å². The maximum absolute atomic E-state index is 12.3. The van der Waals surface area contributed by atoms with Crippen molar-refractivity contribution >= 4 is 24.0 Å². The van der Waals surface area contributed by atoms with Gasteiger partial charge in [0.05, 0.1) is 20.3 Å². The Morgan fingerprint density at radius 1 is 0.635 bits per heavy atom. The van der Waals surface area contributed by atoms with E-state index in [1.165, 1.54) is 27.2 Å². The third-order valence-corrected chi connectivity index (χ3v) is 7.67. The highest BCUT2D eigenvalue weighted by Crippen LogP contribution is 2.35. The fourth-order valence-electron chi connectivity index (χ4n) is 5.12. The van der Waals surface area contributed by atoms with Gasteiger partial charge in [0.2, 0.25) is 0 Å². The third-order valence-electron chi connectivity index (χ3n) is 7.67. The van der Waals surface area contributed by atoms with Crippen LogP contribution in [0.1, 0.15) is 41.2 Å². The zero-order valence-corrected chi connectivity index (χ0v) is 30.9. The first-order chi connectivity index (χ1) is 25.5. The predicted molar refractivity (Wildman–Crippen MR) is 209 cm³/mol. The zero-order chi connectivity index (χ0) is 38.0. The van der Waals surface area contributed by atoms with Gasteiger partial charge in [0, 0.05) is 21.3 Å². The van der Waals surface area contributed by atoms with E-state index in [1.807, 2.05) is 97.8 Å². The summed E-state index contributed by atoms with van der Waals surface area (Å²) in [7, 11) is 6.09. The fraction of sp³-hybridized carbons (Fsp3) is 0.227. The number of hydrogen-bond acceptors (Lipinski definition) is 7. The molecule has 0 heterocycles. The molecule has 274 valence electrons. The molecule has 0 saturated heterocycles. The normalized spacial score (nSPS) is 10.3. The third kappa shape index (κ3) is 14.3. The van der Waals surface area contributed by atoms with Crippen LogP contribution in [0, 0.1) is 0 Å². The summed E-state index contributed by atoms with van der Waals surface area (Å²) in [5.41, 5.74) is 8.06. The average molecular weight is 706 g/mol. The molecule has 0 saturated carbocycles. The summed E-state index contributed by atoms with van der Waals surface area (Å²) in [5, 5.41) is 7.00. The Hall–Kier alpha value is -5.70. The molecule has 8 nitrogen and oxygen atoms in total. The van der Waals surface area contributed by atoms with E-state index in [0.29, 0.717) is 19.8 Å². The van der Waals surface area contributed by atoms with Crippen LogP contribution in [0.2, 0.25) is 0 Å². The molecular formula is C44H51NO7. The number of carbonyl (C=O) groups is 2. The van der Waals surface area contributed by atoms with Crippen LogP contribution in [0.5, 0.6) is 11.5 Å². The van der Waals surface area contributed by atoms with Gasteiger partial charge in [-0.1, -0.05) is 122 Å². The number of ether oxygens (including phenoxy) is 4. The minimum absolute atomic E-state index is 0.249. The lowest BCUT2D eigenvalue weighted by Gasteiger charge is -2.18. The molecule has 0 fully saturated rings. The van der Waals surface area contributed by atoms with Crippen LogP contribution >= 0.6 is 0 Å². The van der Waals surface area contributed by atoms with Crippen molar-refractivity contribution in [3.63, 3.8) is 0 Å². The first-order valence-electron chi connectivity index (χ1n) is 16.9. The number of aliphatic hydroxyl groups is 1. The number of allylic oxidation sites excluding steroid dienone is 1. The van der Waals surface area contributed by atoms with E-state index >= 15 is 0 Å². The minimum atomic E-state index is -0.375. The Morgan fingerprint density at radius 2 is 1.10 bits per heavy atom. The van der Waals surface area contributed by atoms with Crippen LogP contribution in [0.15, 0.2) is 140 Å². The molecule has 0 aliphatic rings. The van der Waals surface area contributed by atoms with Gasteiger partial charge in [0.1, 0.15) is 31.5 Å². The number of amides is 1. The van der Waals surface area contributed by atoms with Crippen molar-refractivity contribution in [3.05, 3.63) is 167 Å². The van der Waals surface area contributed by atoms with Crippen molar-refractivity contribution in [2.45, 2.75) is 26.6 Å². The minimum Gasteiger partial charge on any atom is -0.497 e. The van der Waals surface area contributed by atoms with E-state index in [-0.39, 0.29) is 12.7 Å². The van der Waals surface area contributed by atoms with E-state index in [2.05, 4.69) is 55.5 Å². The molecule has 0 aliphatic carbocycles. The molecule has 0 bridgehead atoms. The highest BCUT2D eigenvalue weighted by Gasteiger charge is 2.14. The largest absolute Gasteiger partial charge is 0.497 e. The van der Waals surface area contributed by atoms with Gasteiger partial charge in [-0.3, -0.25) is 0 Å². The topological polar surface area (TPSA) is 94.5 Å². The summed E-state index contributed by atoms with van der Waals surface area (Å²) in [6.45, 7) is 5.92. The highest BCUT2D eigenvalue weighted by molar-refractivity contribution is 5.98. The molecule has 8 heteroatoms. The lowest BCUT2D eigenvalue weighted by atomic mass is 9.88. The van der Waals surface area contributed by atoms with Gasteiger partial charge in [-0.15, -0.1) is 0 Å². The van der Waals surface area contributed by atoms with Gasteiger partial charge >= 0.3 is 6.09 Å². The second kappa shape index (κ2) is 25.3. The lowest BCUT2D eigenvalue weighted by Crippen LogP contribution is -2.31. The smallest absolute Gasteiger partial charge is 0.409 e. The molecule has 52 heavy (non-hydrogen) atoms.